The summed E-state index contributed by atoms with van der Waals surface area (Å²) in [6.07, 6.45) is -3.28. The van der Waals surface area contributed by atoms with Crippen molar-refractivity contribution in [3.05, 3.63) is 53.7 Å². The van der Waals surface area contributed by atoms with E-state index >= 15 is 0 Å². The topological polar surface area (TPSA) is 36.7 Å². The highest BCUT2D eigenvalue weighted by Crippen LogP contribution is 2.36. The number of nitriles is 1. The van der Waals surface area contributed by atoms with Crippen LogP contribution in [0.5, 0.6) is 0 Å². The quantitative estimate of drug-likeness (QED) is 0.824. The fourth-order valence-electron chi connectivity index (χ4n) is 1.74. The van der Waals surface area contributed by atoms with Crippen LogP contribution in [0.15, 0.2) is 42.6 Å². The number of hydrogen-bond acceptors (Lipinski definition) is 2. The summed E-state index contributed by atoms with van der Waals surface area (Å²) in [6, 6.07) is 11.0. The predicted molar refractivity (Wildman–Crippen MR) is 64.0 cm³/mol. The van der Waals surface area contributed by atoms with Crippen molar-refractivity contribution < 1.29 is 13.2 Å². The van der Waals surface area contributed by atoms with E-state index in [1.807, 2.05) is 6.07 Å². The summed E-state index contributed by atoms with van der Waals surface area (Å²) in [5.74, 6) is 0. The third-order valence-electron chi connectivity index (χ3n) is 2.58. The van der Waals surface area contributed by atoms with Gasteiger partial charge in [-0.2, -0.15) is 18.4 Å². The summed E-state index contributed by atoms with van der Waals surface area (Å²) < 4.78 is 39.1. The van der Waals surface area contributed by atoms with Crippen molar-refractivity contribution in [3.63, 3.8) is 0 Å². The van der Waals surface area contributed by atoms with Crippen LogP contribution in [0, 0.1) is 11.3 Å². The minimum atomic E-state index is -4.50. The average Bonchev–Trinajstić information content (AvgIpc) is 2.39. The lowest BCUT2D eigenvalue weighted by atomic mass is 10.0. The average molecular weight is 262 g/mol. The maximum atomic E-state index is 13.0. The van der Waals surface area contributed by atoms with E-state index in [1.54, 1.807) is 30.3 Å². The molecular formula is C14H9F3N2. The van der Waals surface area contributed by atoms with E-state index in [0.29, 0.717) is 5.56 Å². The van der Waals surface area contributed by atoms with Gasteiger partial charge in [-0.3, -0.25) is 4.98 Å². The van der Waals surface area contributed by atoms with Gasteiger partial charge in [0.1, 0.15) is 0 Å². The first-order valence-electron chi connectivity index (χ1n) is 5.51. The molecule has 2 rings (SSSR count). The van der Waals surface area contributed by atoms with Crippen LogP contribution in [0.4, 0.5) is 13.2 Å². The van der Waals surface area contributed by atoms with Crippen LogP contribution in [-0.4, -0.2) is 4.98 Å². The number of benzene rings is 1. The zero-order valence-electron chi connectivity index (χ0n) is 9.78. The highest BCUT2D eigenvalue weighted by Gasteiger charge is 2.34. The van der Waals surface area contributed by atoms with Gasteiger partial charge in [-0.25, -0.2) is 0 Å². The lowest BCUT2D eigenvalue weighted by molar-refractivity contribution is -0.137. The van der Waals surface area contributed by atoms with Crippen LogP contribution >= 0.6 is 0 Å². The Bertz CT molecular complexity index is 613. The van der Waals surface area contributed by atoms with Crippen LogP contribution in [-0.2, 0) is 12.6 Å². The number of rotatable bonds is 2. The molecule has 0 N–H and O–H groups in total. The second-order valence-electron chi connectivity index (χ2n) is 3.94. The maximum Gasteiger partial charge on any atom is 0.418 e. The van der Waals surface area contributed by atoms with Crippen LogP contribution in [0.1, 0.15) is 11.1 Å². The summed E-state index contributed by atoms with van der Waals surface area (Å²) in [5, 5.41) is 8.54. The lowest BCUT2D eigenvalue weighted by Crippen LogP contribution is -2.09. The van der Waals surface area contributed by atoms with E-state index in [9.17, 15) is 13.2 Å². The number of halogens is 3. The summed E-state index contributed by atoms with van der Waals surface area (Å²) in [5.41, 5.74) is -0.269. The molecular weight excluding hydrogens is 253 g/mol. The van der Waals surface area contributed by atoms with Crippen molar-refractivity contribution in [1.82, 2.24) is 4.98 Å². The van der Waals surface area contributed by atoms with E-state index < -0.39 is 11.7 Å². The molecule has 0 radical (unpaired) electrons. The molecule has 1 aromatic heterocycles. The van der Waals surface area contributed by atoms with Gasteiger partial charge in [0, 0.05) is 11.8 Å². The Hall–Kier alpha value is -2.35. The Balaban J connectivity index is 2.59. The van der Waals surface area contributed by atoms with Gasteiger partial charge in [0.2, 0.25) is 0 Å². The molecule has 0 saturated heterocycles. The normalized spacial score (nSPS) is 11.1. The fraction of sp³-hybridized carbons (Fsp3) is 0.143. The summed E-state index contributed by atoms with van der Waals surface area (Å²) in [6.45, 7) is 0. The monoisotopic (exact) mass is 262 g/mol. The summed E-state index contributed by atoms with van der Waals surface area (Å²) >= 11 is 0. The van der Waals surface area contributed by atoms with Crippen molar-refractivity contribution in [2.45, 2.75) is 12.6 Å². The van der Waals surface area contributed by atoms with Gasteiger partial charge < -0.3 is 0 Å². The smallest absolute Gasteiger partial charge is 0.255 e. The lowest BCUT2D eigenvalue weighted by Gasteiger charge is -2.13. The fourth-order valence-corrected chi connectivity index (χ4v) is 1.74. The zero-order valence-corrected chi connectivity index (χ0v) is 9.78. The molecule has 0 unspecified atom stereocenters. The van der Waals surface area contributed by atoms with E-state index in [-0.39, 0.29) is 17.7 Å². The maximum absolute atomic E-state index is 13.0. The van der Waals surface area contributed by atoms with E-state index in [1.165, 1.54) is 6.20 Å². The summed E-state index contributed by atoms with van der Waals surface area (Å²) in [4.78, 5) is 3.86. The van der Waals surface area contributed by atoms with Crippen LogP contribution in [0.3, 0.4) is 0 Å². The number of aromatic nitrogens is 1. The second kappa shape index (κ2) is 5.11. The zero-order chi connectivity index (χ0) is 13.9. The molecule has 2 aromatic rings. The van der Waals surface area contributed by atoms with Gasteiger partial charge in [-0.1, -0.05) is 30.3 Å². The Morgan fingerprint density at radius 1 is 1.16 bits per heavy atom. The Morgan fingerprint density at radius 2 is 1.84 bits per heavy atom. The molecule has 1 heterocycles. The van der Waals surface area contributed by atoms with Gasteiger partial charge in [0.05, 0.1) is 23.7 Å². The molecule has 0 bridgehead atoms. The van der Waals surface area contributed by atoms with Crippen LogP contribution in [0.2, 0.25) is 0 Å². The van der Waals surface area contributed by atoms with Gasteiger partial charge in [0.25, 0.3) is 0 Å². The molecule has 19 heavy (non-hydrogen) atoms. The van der Waals surface area contributed by atoms with E-state index in [0.717, 1.165) is 6.07 Å². The van der Waals surface area contributed by atoms with Gasteiger partial charge in [0.15, 0.2) is 0 Å². The van der Waals surface area contributed by atoms with E-state index in [2.05, 4.69) is 4.98 Å². The first-order chi connectivity index (χ1) is 9.02. The third kappa shape index (κ3) is 2.91. The Kier molecular flexibility index (Phi) is 3.52. The van der Waals surface area contributed by atoms with Crippen LogP contribution < -0.4 is 0 Å². The second-order valence-corrected chi connectivity index (χ2v) is 3.94. The third-order valence-corrected chi connectivity index (χ3v) is 2.58. The molecule has 0 aliphatic carbocycles. The first kappa shape index (κ1) is 13.1. The number of alkyl halides is 3. The SMILES string of the molecule is N#CCc1cnc(-c2ccccc2)c(C(F)(F)F)c1. The molecule has 0 spiro atoms. The minimum absolute atomic E-state index is 0.0921. The van der Waals surface area contributed by atoms with Crippen molar-refractivity contribution in [3.8, 4) is 17.3 Å². The molecule has 0 saturated carbocycles. The number of nitrogens with zero attached hydrogens (tertiary/aromatic N) is 2. The minimum Gasteiger partial charge on any atom is -0.255 e. The Labute approximate surface area is 108 Å². The first-order valence-corrected chi connectivity index (χ1v) is 5.51. The van der Waals surface area contributed by atoms with Crippen LogP contribution in [0.25, 0.3) is 11.3 Å². The molecule has 0 aliphatic rings. The molecule has 0 amide bonds. The molecule has 2 nitrogen and oxygen atoms in total. The van der Waals surface area contributed by atoms with Gasteiger partial charge >= 0.3 is 6.18 Å². The van der Waals surface area contributed by atoms with Crippen molar-refractivity contribution in [2.75, 3.05) is 0 Å². The standard InChI is InChI=1S/C14H9F3N2/c15-14(16,17)12-8-10(6-7-18)9-19-13(12)11-4-2-1-3-5-11/h1-5,8-9H,6H2. The molecule has 0 atom stereocenters. The summed E-state index contributed by atoms with van der Waals surface area (Å²) in [7, 11) is 0. The largest absolute Gasteiger partial charge is 0.418 e. The highest BCUT2D eigenvalue weighted by molar-refractivity contribution is 5.64. The molecule has 5 heteroatoms. The Morgan fingerprint density at radius 3 is 2.42 bits per heavy atom. The molecule has 0 aliphatic heterocycles. The van der Waals surface area contributed by atoms with E-state index in [4.69, 9.17) is 5.26 Å². The molecule has 1 aromatic carbocycles. The number of pyridine rings is 1. The van der Waals surface area contributed by atoms with Crippen molar-refractivity contribution in [2.24, 2.45) is 0 Å². The predicted octanol–water partition coefficient (Wildman–Crippen LogP) is 3.83. The molecule has 0 fully saturated rings. The highest BCUT2D eigenvalue weighted by atomic mass is 19.4. The van der Waals surface area contributed by atoms with Crippen molar-refractivity contribution >= 4 is 0 Å². The number of hydrogen-bond donors (Lipinski definition) is 0. The van der Waals surface area contributed by atoms with Gasteiger partial charge in [-0.15, -0.1) is 0 Å². The molecule has 96 valence electrons. The van der Waals surface area contributed by atoms with Crippen molar-refractivity contribution in [1.29, 1.82) is 5.26 Å². The van der Waals surface area contributed by atoms with Gasteiger partial charge in [-0.05, 0) is 11.6 Å².